The van der Waals surface area contributed by atoms with Crippen molar-refractivity contribution in [2.75, 3.05) is 52.6 Å². The molecule has 2 saturated heterocycles. The first-order chi connectivity index (χ1) is 16.8. The third-order valence-corrected chi connectivity index (χ3v) is 7.86. The van der Waals surface area contributed by atoms with Crippen LogP contribution >= 0.6 is 0 Å². The van der Waals surface area contributed by atoms with E-state index in [4.69, 9.17) is 9.47 Å². The van der Waals surface area contributed by atoms with Gasteiger partial charge in [0.05, 0.1) is 38.5 Å². The first-order valence-corrected chi connectivity index (χ1v) is 13.1. The van der Waals surface area contributed by atoms with Crippen LogP contribution in [-0.2, 0) is 9.47 Å². The first-order valence-electron chi connectivity index (χ1n) is 13.1. The van der Waals surface area contributed by atoms with E-state index in [-0.39, 0.29) is 17.9 Å². The fourth-order valence-electron chi connectivity index (χ4n) is 5.99. The Morgan fingerprint density at radius 3 is 1.94 bits per heavy atom. The van der Waals surface area contributed by atoms with Crippen LogP contribution in [0.2, 0.25) is 0 Å². The standard InChI is InChI=1S/C29H38N2O3/c32-29(26-13-11-24(12-14-26)23-7-3-1-4-8-23)28(31-17-21-34-22-18-31)27(25-9-5-2-6-10-25)30-15-19-33-20-16-30/h2,5-6,9-14,23,27-28H,1,3-4,7-8,15-22H2/t27-,28+/m1/s1. The number of benzene rings is 2. The molecule has 3 aliphatic rings. The van der Waals surface area contributed by atoms with Crippen LogP contribution in [0.15, 0.2) is 54.6 Å². The van der Waals surface area contributed by atoms with Crippen molar-refractivity contribution < 1.29 is 14.3 Å². The summed E-state index contributed by atoms with van der Waals surface area (Å²) < 4.78 is 11.3. The van der Waals surface area contributed by atoms with Crippen molar-refractivity contribution in [2.24, 2.45) is 0 Å². The predicted molar refractivity (Wildman–Crippen MR) is 134 cm³/mol. The number of ether oxygens (including phenoxy) is 2. The van der Waals surface area contributed by atoms with Crippen molar-refractivity contribution in [1.82, 2.24) is 9.80 Å². The molecule has 5 heteroatoms. The SMILES string of the molecule is O=C(c1ccc(C2CCCCC2)cc1)[C@H]([C@@H](c1ccccc1)N1CCOCC1)N1CCOCC1. The number of Topliss-reactive ketones (excluding diaryl/α,β-unsaturated/α-hetero) is 1. The Balaban J connectivity index is 1.47. The third-order valence-electron chi connectivity index (χ3n) is 7.86. The van der Waals surface area contributed by atoms with Crippen LogP contribution in [0.4, 0.5) is 0 Å². The van der Waals surface area contributed by atoms with Gasteiger partial charge in [-0.25, -0.2) is 0 Å². The molecule has 2 aromatic carbocycles. The smallest absolute Gasteiger partial charge is 0.181 e. The van der Waals surface area contributed by atoms with Crippen molar-refractivity contribution in [2.45, 2.75) is 50.1 Å². The number of rotatable bonds is 7. The van der Waals surface area contributed by atoms with Gasteiger partial charge in [-0.1, -0.05) is 73.9 Å². The second-order valence-corrected chi connectivity index (χ2v) is 9.92. The average molecular weight is 463 g/mol. The lowest BCUT2D eigenvalue weighted by molar-refractivity contribution is -0.0301. The second-order valence-electron chi connectivity index (χ2n) is 9.92. The summed E-state index contributed by atoms with van der Waals surface area (Å²) in [4.78, 5) is 19.1. The van der Waals surface area contributed by atoms with Gasteiger partial charge in [0.15, 0.2) is 5.78 Å². The Kier molecular flexibility index (Phi) is 8.07. The van der Waals surface area contributed by atoms with Gasteiger partial charge in [-0.05, 0) is 29.9 Å². The zero-order valence-electron chi connectivity index (χ0n) is 20.2. The predicted octanol–water partition coefficient (Wildman–Crippen LogP) is 4.69. The van der Waals surface area contributed by atoms with Gasteiger partial charge in [0.1, 0.15) is 0 Å². The number of hydrogen-bond donors (Lipinski definition) is 0. The van der Waals surface area contributed by atoms with E-state index in [9.17, 15) is 4.79 Å². The van der Waals surface area contributed by atoms with E-state index in [2.05, 4.69) is 64.4 Å². The molecule has 0 radical (unpaired) electrons. The fourth-order valence-corrected chi connectivity index (χ4v) is 5.99. The lowest BCUT2D eigenvalue weighted by atomic mass is 9.83. The lowest BCUT2D eigenvalue weighted by Gasteiger charge is -2.44. The van der Waals surface area contributed by atoms with Crippen LogP contribution in [0.25, 0.3) is 0 Å². The van der Waals surface area contributed by atoms with E-state index >= 15 is 0 Å². The Bertz CT molecular complexity index is 899. The van der Waals surface area contributed by atoms with Crippen molar-refractivity contribution in [3.05, 3.63) is 71.3 Å². The Labute approximate surface area is 204 Å². The van der Waals surface area contributed by atoms with Crippen LogP contribution in [-0.4, -0.2) is 74.2 Å². The molecule has 2 aromatic rings. The van der Waals surface area contributed by atoms with Gasteiger partial charge in [-0.3, -0.25) is 14.6 Å². The quantitative estimate of drug-likeness (QED) is 0.559. The van der Waals surface area contributed by atoms with E-state index in [0.717, 1.165) is 31.7 Å². The monoisotopic (exact) mass is 462 g/mol. The topological polar surface area (TPSA) is 42.0 Å². The van der Waals surface area contributed by atoms with Gasteiger partial charge in [0, 0.05) is 31.7 Å². The maximum absolute atomic E-state index is 14.2. The summed E-state index contributed by atoms with van der Waals surface area (Å²) in [5.41, 5.74) is 3.42. The molecule has 0 N–H and O–H groups in total. The summed E-state index contributed by atoms with van der Waals surface area (Å²) in [6.45, 7) is 6.02. The minimum Gasteiger partial charge on any atom is -0.379 e. The zero-order valence-corrected chi connectivity index (χ0v) is 20.2. The summed E-state index contributed by atoms with van der Waals surface area (Å²) in [6.07, 6.45) is 6.55. The Morgan fingerprint density at radius 1 is 0.735 bits per heavy atom. The summed E-state index contributed by atoms with van der Waals surface area (Å²) in [5, 5.41) is 0. The summed E-state index contributed by atoms with van der Waals surface area (Å²) in [7, 11) is 0. The van der Waals surface area contributed by atoms with Crippen LogP contribution < -0.4 is 0 Å². The molecule has 3 fully saturated rings. The Hall–Kier alpha value is -2.05. The van der Waals surface area contributed by atoms with Crippen LogP contribution in [0.3, 0.4) is 0 Å². The molecule has 0 amide bonds. The van der Waals surface area contributed by atoms with Gasteiger partial charge in [-0.2, -0.15) is 0 Å². The van der Waals surface area contributed by atoms with Gasteiger partial charge in [-0.15, -0.1) is 0 Å². The molecule has 0 spiro atoms. The van der Waals surface area contributed by atoms with E-state index in [1.807, 2.05) is 0 Å². The highest BCUT2D eigenvalue weighted by molar-refractivity contribution is 6.00. The van der Waals surface area contributed by atoms with Crippen LogP contribution in [0, 0.1) is 0 Å². The molecule has 34 heavy (non-hydrogen) atoms. The van der Waals surface area contributed by atoms with E-state index in [1.165, 1.54) is 43.2 Å². The van der Waals surface area contributed by atoms with E-state index in [0.29, 0.717) is 32.3 Å². The molecule has 0 bridgehead atoms. The maximum atomic E-state index is 14.2. The molecule has 0 unspecified atom stereocenters. The van der Waals surface area contributed by atoms with Gasteiger partial charge < -0.3 is 9.47 Å². The highest BCUT2D eigenvalue weighted by atomic mass is 16.5. The van der Waals surface area contributed by atoms with E-state index < -0.39 is 0 Å². The lowest BCUT2D eigenvalue weighted by Crippen LogP contribution is -2.55. The minimum absolute atomic E-state index is 0.00581. The van der Waals surface area contributed by atoms with Crippen molar-refractivity contribution >= 4 is 5.78 Å². The molecule has 2 heterocycles. The normalized spacial score (nSPS) is 22.8. The molecule has 182 valence electrons. The van der Waals surface area contributed by atoms with Crippen molar-refractivity contribution in [3.63, 3.8) is 0 Å². The average Bonchev–Trinajstić information content (AvgIpc) is 2.93. The van der Waals surface area contributed by atoms with Crippen LogP contribution in [0.1, 0.15) is 65.5 Å². The number of carbonyl (C=O) groups is 1. The van der Waals surface area contributed by atoms with Crippen LogP contribution in [0.5, 0.6) is 0 Å². The number of hydrogen-bond acceptors (Lipinski definition) is 5. The number of carbonyl (C=O) groups excluding carboxylic acids is 1. The molecule has 5 rings (SSSR count). The maximum Gasteiger partial charge on any atom is 0.181 e. The highest BCUT2D eigenvalue weighted by Gasteiger charge is 2.39. The molecule has 1 saturated carbocycles. The summed E-state index contributed by atoms with van der Waals surface area (Å²) >= 11 is 0. The Morgan fingerprint density at radius 2 is 1.32 bits per heavy atom. The number of morpholine rings is 2. The largest absolute Gasteiger partial charge is 0.379 e. The zero-order chi connectivity index (χ0) is 23.2. The molecule has 2 aliphatic heterocycles. The molecular formula is C29H38N2O3. The minimum atomic E-state index is -0.245. The van der Waals surface area contributed by atoms with Gasteiger partial charge in [0.25, 0.3) is 0 Å². The number of ketones is 1. The molecule has 1 aliphatic carbocycles. The van der Waals surface area contributed by atoms with Crippen molar-refractivity contribution in [3.8, 4) is 0 Å². The summed E-state index contributed by atoms with van der Waals surface area (Å²) in [5.74, 6) is 0.871. The molecule has 5 nitrogen and oxygen atoms in total. The van der Waals surface area contributed by atoms with Gasteiger partial charge in [0.2, 0.25) is 0 Å². The first kappa shape index (κ1) is 23.7. The van der Waals surface area contributed by atoms with Gasteiger partial charge >= 0.3 is 0 Å². The summed E-state index contributed by atoms with van der Waals surface area (Å²) in [6, 6.07) is 18.9. The molecular weight excluding hydrogens is 424 g/mol. The molecule has 0 aromatic heterocycles. The third kappa shape index (κ3) is 5.44. The van der Waals surface area contributed by atoms with E-state index in [1.54, 1.807) is 0 Å². The second kappa shape index (κ2) is 11.6. The fraction of sp³-hybridized carbons (Fsp3) is 0.552. The molecule has 2 atom stereocenters. The number of nitrogens with zero attached hydrogens (tertiary/aromatic N) is 2. The van der Waals surface area contributed by atoms with Crippen molar-refractivity contribution in [1.29, 1.82) is 0 Å². The highest BCUT2D eigenvalue weighted by Crippen LogP contribution is 2.34.